The third kappa shape index (κ3) is 2.97. The first-order valence-electron chi connectivity index (χ1n) is 6.88. The molecule has 1 aliphatic rings. The van der Waals surface area contributed by atoms with Crippen molar-refractivity contribution in [1.82, 2.24) is 9.62 Å². The lowest BCUT2D eigenvalue weighted by Crippen LogP contribution is -2.33. The van der Waals surface area contributed by atoms with Crippen LogP contribution in [0.4, 0.5) is 0 Å². The molecule has 1 fully saturated rings. The standard InChI is InChI=1S/C14H22N2O3S/c1-4-16(12-6-7-12)20(17,18)14-9-11(10-15-2)5-8-13(14)19-3/h5,8-9,12,15H,4,6-7,10H2,1-3H3. The largest absolute Gasteiger partial charge is 0.495 e. The molecule has 0 aromatic heterocycles. The first-order chi connectivity index (χ1) is 9.54. The molecule has 0 bridgehead atoms. The molecule has 6 heteroatoms. The van der Waals surface area contributed by atoms with Gasteiger partial charge < -0.3 is 10.1 Å². The number of hydrogen-bond acceptors (Lipinski definition) is 4. The lowest BCUT2D eigenvalue weighted by molar-refractivity contribution is 0.390. The number of rotatable bonds is 7. The van der Waals surface area contributed by atoms with E-state index in [4.69, 9.17) is 4.74 Å². The Bertz CT molecular complexity index is 568. The zero-order valence-corrected chi connectivity index (χ0v) is 13.0. The van der Waals surface area contributed by atoms with E-state index in [1.54, 1.807) is 16.4 Å². The summed E-state index contributed by atoms with van der Waals surface area (Å²) in [5.41, 5.74) is 0.929. The average molecular weight is 298 g/mol. The van der Waals surface area contributed by atoms with E-state index >= 15 is 0 Å². The highest BCUT2D eigenvalue weighted by Crippen LogP contribution is 2.35. The number of nitrogens with one attached hydrogen (secondary N) is 1. The summed E-state index contributed by atoms with van der Waals surface area (Å²) in [5.74, 6) is 0.406. The summed E-state index contributed by atoms with van der Waals surface area (Å²) in [6.45, 7) is 2.99. The van der Waals surface area contributed by atoms with Gasteiger partial charge in [-0.2, -0.15) is 4.31 Å². The first-order valence-corrected chi connectivity index (χ1v) is 8.32. The molecule has 0 atom stereocenters. The fraction of sp³-hybridized carbons (Fsp3) is 0.571. The van der Waals surface area contributed by atoms with Crippen molar-refractivity contribution in [3.05, 3.63) is 23.8 Å². The zero-order valence-electron chi connectivity index (χ0n) is 12.2. The van der Waals surface area contributed by atoms with Gasteiger partial charge in [-0.1, -0.05) is 13.0 Å². The van der Waals surface area contributed by atoms with Gasteiger partial charge in [-0.15, -0.1) is 0 Å². The van der Waals surface area contributed by atoms with E-state index in [2.05, 4.69) is 5.32 Å². The van der Waals surface area contributed by atoms with Crippen LogP contribution in [0.15, 0.2) is 23.1 Å². The predicted molar refractivity (Wildman–Crippen MR) is 78.3 cm³/mol. The molecule has 112 valence electrons. The number of ether oxygens (including phenoxy) is 1. The first kappa shape index (κ1) is 15.3. The Kier molecular flexibility index (Phi) is 4.67. The molecule has 1 aromatic carbocycles. The Morgan fingerprint density at radius 3 is 2.60 bits per heavy atom. The monoisotopic (exact) mass is 298 g/mol. The van der Waals surface area contributed by atoms with Gasteiger partial charge in [-0.25, -0.2) is 8.42 Å². The Hall–Kier alpha value is -1.11. The lowest BCUT2D eigenvalue weighted by atomic mass is 10.2. The van der Waals surface area contributed by atoms with Crippen LogP contribution in [0.2, 0.25) is 0 Å². The molecular formula is C14H22N2O3S. The minimum Gasteiger partial charge on any atom is -0.495 e. The topological polar surface area (TPSA) is 58.6 Å². The van der Waals surface area contributed by atoms with E-state index in [1.807, 2.05) is 20.0 Å². The molecule has 0 aliphatic heterocycles. The maximum Gasteiger partial charge on any atom is 0.247 e. The number of hydrogen-bond donors (Lipinski definition) is 1. The fourth-order valence-electron chi connectivity index (χ4n) is 2.35. The van der Waals surface area contributed by atoms with Crippen LogP contribution in [0.25, 0.3) is 0 Å². The highest BCUT2D eigenvalue weighted by molar-refractivity contribution is 7.89. The third-order valence-electron chi connectivity index (χ3n) is 3.46. The minimum atomic E-state index is -3.49. The van der Waals surface area contributed by atoms with Crippen LogP contribution in [-0.2, 0) is 16.6 Å². The lowest BCUT2D eigenvalue weighted by Gasteiger charge is -2.21. The average Bonchev–Trinajstić information content (AvgIpc) is 3.24. The van der Waals surface area contributed by atoms with E-state index in [1.165, 1.54) is 7.11 Å². The number of methoxy groups -OCH3 is 1. The van der Waals surface area contributed by atoms with Gasteiger partial charge in [-0.05, 0) is 37.6 Å². The molecule has 0 unspecified atom stereocenters. The molecule has 1 aromatic rings. The van der Waals surface area contributed by atoms with Gasteiger partial charge in [0.1, 0.15) is 10.6 Å². The smallest absolute Gasteiger partial charge is 0.247 e. The summed E-state index contributed by atoms with van der Waals surface area (Å²) in [4.78, 5) is 0.265. The van der Waals surface area contributed by atoms with Crippen LogP contribution >= 0.6 is 0 Å². The van der Waals surface area contributed by atoms with E-state index in [0.29, 0.717) is 18.8 Å². The molecule has 0 saturated heterocycles. The van der Waals surface area contributed by atoms with Gasteiger partial charge in [-0.3, -0.25) is 0 Å². The van der Waals surface area contributed by atoms with Crippen LogP contribution in [0.5, 0.6) is 5.75 Å². The summed E-state index contributed by atoms with van der Waals surface area (Å²) in [5, 5.41) is 3.03. The van der Waals surface area contributed by atoms with Crippen molar-refractivity contribution >= 4 is 10.0 Å². The maximum atomic E-state index is 12.8. The Balaban J connectivity index is 2.44. The molecular weight excluding hydrogens is 276 g/mol. The SMILES string of the molecule is CCN(C1CC1)S(=O)(=O)c1cc(CNC)ccc1OC. The Morgan fingerprint density at radius 2 is 2.10 bits per heavy atom. The van der Waals surface area contributed by atoms with Crippen LogP contribution in [0.3, 0.4) is 0 Å². The molecule has 2 rings (SSSR count). The van der Waals surface area contributed by atoms with Gasteiger partial charge in [0.25, 0.3) is 0 Å². The van der Waals surface area contributed by atoms with Crippen LogP contribution in [-0.4, -0.2) is 39.5 Å². The van der Waals surface area contributed by atoms with Gasteiger partial charge >= 0.3 is 0 Å². The highest BCUT2D eigenvalue weighted by Gasteiger charge is 2.38. The van der Waals surface area contributed by atoms with E-state index in [-0.39, 0.29) is 10.9 Å². The van der Waals surface area contributed by atoms with Crippen molar-refractivity contribution in [1.29, 1.82) is 0 Å². The quantitative estimate of drug-likeness (QED) is 0.830. The fourth-order valence-corrected chi connectivity index (χ4v) is 4.25. The molecule has 0 spiro atoms. The van der Waals surface area contributed by atoms with Crippen molar-refractivity contribution in [2.75, 3.05) is 20.7 Å². The molecule has 1 aliphatic carbocycles. The van der Waals surface area contributed by atoms with E-state index < -0.39 is 10.0 Å². The Morgan fingerprint density at radius 1 is 1.40 bits per heavy atom. The van der Waals surface area contributed by atoms with Crippen molar-refractivity contribution < 1.29 is 13.2 Å². The van der Waals surface area contributed by atoms with Gasteiger partial charge in [0.15, 0.2) is 0 Å². The van der Waals surface area contributed by atoms with E-state index in [9.17, 15) is 8.42 Å². The summed E-state index contributed by atoms with van der Waals surface area (Å²) < 4.78 is 32.4. The van der Waals surface area contributed by atoms with Crippen LogP contribution in [0, 0.1) is 0 Å². The second kappa shape index (κ2) is 6.11. The highest BCUT2D eigenvalue weighted by atomic mass is 32.2. The summed E-state index contributed by atoms with van der Waals surface area (Å²) >= 11 is 0. The van der Waals surface area contributed by atoms with Gasteiger partial charge in [0.05, 0.1) is 7.11 Å². The number of sulfonamides is 1. The molecule has 0 heterocycles. The molecule has 5 nitrogen and oxygen atoms in total. The van der Waals surface area contributed by atoms with Crippen molar-refractivity contribution in [2.24, 2.45) is 0 Å². The molecule has 0 amide bonds. The van der Waals surface area contributed by atoms with Crippen molar-refractivity contribution in [2.45, 2.75) is 37.2 Å². The predicted octanol–water partition coefficient (Wildman–Crippen LogP) is 1.59. The third-order valence-corrected chi connectivity index (χ3v) is 5.51. The van der Waals surface area contributed by atoms with Gasteiger partial charge in [0, 0.05) is 19.1 Å². The normalized spacial score (nSPS) is 15.6. The molecule has 1 saturated carbocycles. The second-order valence-electron chi connectivity index (χ2n) is 4.96. The number of nitrogens with zero attached hydrogens (tertiary/aromatic N) is 1. The summed E-state index contributed by atoms with van der Waals surface area (Å²) in [6.07, 6.45) is 1.90. The van der Waals surface area contributed by atoms with E-state index in [0.717, 1.165) is 18.4 Å². The Labute approximate surface area is 121 Å². The van der Waals surface area contributed by atoms with Crippen molar-refractivity contribution in [3.8, 4) is 5.75 Å². The molecule has 20 heavy (non-hydrogen) atoms. The second-order valence-corrected chi connectivity index (χ2v) is 6.81. The molecule has 1 N–H and O–H groups in total. The number of benzene rings is 1. The van der Waals surface area contributed by atoms with Crippen LogP contribution in [0.1, 0.15) is 25.3 Å². The summed E-state index contributed by atoms with van der Waals surface area (Å²) in [6, 6.07) is 5.46. The van der Waals surface area contributed by atoms with Crippen molar-refractivity contribution in [3.63, 3.8) is 0 Å². The summed E-state index contributed by atoms with van der Waals surface area (Å²) in [7, 11) is -0.157. The van der Waals surface area contributed by atoms with Gasteiger partial charge in [0.2, 0.25) is 10.0 Å². The zero-order chi connectivity index (χ0) is 14.8. The molecule has 0 radical (unpaired) electrons. The minimum absolute atomic E-state index is 0.155. The maximum absolute atomic E-state index is 12.8. The van der Waals surface area contributed by atoms with Crippen LogP contribution < -0.4 is 10.1 Å².